The van der Waals surface area contributed by atoms with Crippen LogP contribution >= 0.6 is 0 Å². The van der Waals surface area contributed by atoms with Crippen molar-refractivity contribution in [3.63, 3.8) is 0 Å². The van der Waals surface area contributed by atoms with Crippen molar-refractivity contribution in [2.75, 3.05) is 18.5 Å². The van der Waals surface area contributed by atoms with E-state index in [1.54, 1.807) is 6.20 Å². The third-order valence-corrected chi connectivity index (χ3v) is 4.28. The minimum atomic E-state index is 0.0782. The Hall–Kier alpha value is -2.76. The molecule has 0 saturated carbocycles. The average molecular weight is 325 g/mol. The molecule has 124 valence electrons. The lowest BCUT2D eigenvalue weighted by Gasteiger charge is -2.19. The van der Waals surface area contributed by atoms with Gasteiger partial charge >= 0.3 is 0 Å². The highest BCUT2D eigenvalue weighted by Crippen LogP contribution is 2.31. The molecule has 1 atom stereocenters. The summed E-state index contributed by atoms with van der Waals surface area (Å²) in [5.41, 5.74) is 3.01. The largest absolute Gasteiger partial charge is 0.486 e. The third-order valence-electron chi connectivity index (χ3n) is 4.28. The zero-order valence-corrected chi connectivity index (χ0v) is 13.2. The number of amides is 1. The van der Waals surface area contributed by atoms with Gasteiger partial charge < -0.3 is 20.1 Å². The SMILES string of the molecule is O=C1CCC(c2ccccc2NCc2cc3c(cn2)OCCO3)N1. The average Bonchev–Trinajstić information content (AvgIpc) is 3.06. The van der Waals surface area contributed by atoms with Crippen LogP contribution in [0.1, 0.15) is 30.1 Å². The molecule has 4 rings (SSSR count). The van der Waals surface area contributed by atoms with Gasteiger partial charge in [-0.1, -0.05) is 18.2 Å². The van der Waals surface area contributed by atoms with Crippen LogP contribution in [0.5, 0.6) is 11.5 Å². The molecule has 24 heavy (non-hydrogen) atoms. The predicted octanol–water partition coefficient (Wildman–Crippen LogP) is 2.42. The Morgan fingerprint density at radius 3 is 2.88 bits per heavy atom. The molecule has 1 aromatic heterocycles. The van der Waals surface area contributed by atoms with Gasteiger partial charge in [-0.15, -0.1) is 0 Å². The van der Waals surface area contributed by atoms with Crippen molar-refractivity contribution in [3.8, 4) is 11.5 Å². The molecule has 0 radical (unpaired) electrons. The normalized spacial score (nSPS) is 19.0. The molecule has 1 amide bonds. The van der Waals surface area contributed by atoms with Gasteiger partial charge in [0.2, 0.25) is 5.91 Å². The zero-order chi connectivity index (χ0) is 16.4. The monoisotopic (exact) mass is 325 g/mol. The van der Waals surface area contributed by atoms with Crippen LogP contribution in [-0.2, 0) is 11.3 Å². The lowest BCUT2D eigenvalue weighted by molar-refractivity contribution is -0.119. The molecule has 1 unspecified atom stereocenters. The minimum absolute atomic E-state index is 0.0782. The molecule has 0 spiro atoms. The van der Waals surface area contributed by atoms with E-state index in [0.29, 0.717) is 31.9 Å². The lowest BCUT2D eigenvalue weighted by Crippen LogP contribution is -2.19. The molecule has 0 aliphatic carbocycles. The number of aromatic nitrogens is 1. The van der Waals surface area contributed by atoms with Crippen molar-refractivity contribution in [1.82, 2.24) is 10.3 Å². The molecule has 2 N–H and O–H groups in total. The zero-order valence-electron chi connectivity index (χ0n) is 13.2. The number of rotatable bonds is 4. The maximum atomic E-state index is 11.5. The summed E-state index contributed by atoms with van der Waals surface area (Å²) < 4.78 is 11.1. The summed E-state index contributed by atoms with van der Waals surface area (Å²) in [5.74, 6) is 1.55. The number of hydrogen-bond donors (Lipinski definition) is 2. The van der Waals surface area contributed by atoms with Gasteiger partial charge in [-0.25, -0.2) is 0 Å². The number of fused-ring (bicyclic) bond motifs is 1. The van der Waals surface area contributed by atoms with Crippen LogP contribution < -0.4 is 20.1 Å². The van der Waals surface area contributed by atoms with Crippen LogP contribution in [-0.4, -0.2) is 24.1 Å². The van der Waals surface area contributed by atoms with Crippen molar-refractivity contribution >= 4 is 11.6 Å². The number of carbonyl (C=O) groups excluding carboxylic acids is 1. The van der Waals surface area contributed by atoms with Crippen molar-refractivity contribution in [2.24, 2.45) is 0 Å². The van der Waals surface area contributed by atoms with Crippen LogP contribution in [0.3, 0.4) is 0 Å². The Morgan fingerprint density at radius 1 is 1.21 bits per heavy atom. The fourth-order valence-corrected chi connectivity index (χ4v) is 3.08. The van der Waals surface area contributed by atoms with Crippen molar-refractivity contribution in [2.45, 2.75) is 25.4 Å². The summed E-state index contributed by atoms with van der Waals surface area (Å²) in [6, 6.07) is 10.0. The Kier molecular flexibility index (Phi) is 3.94. The summed E-state index contributed by atoms with van der Waals surface area (Å²) >= 11 is 0. The van der Waals surface area contributed by atoms with E-state index in [4.69, 9.17) is 9.47 Å². The van der Waals surface area contributed by atoms with E-state index in [1.165, 1.54) is 0 Å². The van der Waals surface area contributed by atoms with Crippen LogP contribution in [0.2, 0.25) is 0 Å². The summed E-state index contributed by atoms with van der Waals surface area (Å²) in [4.78, 5) is 15.9. The number of hydrogen-bond acceptors (Lipinski definition) is 5. The van der Waals surface area contributed by atoms with Crippen LogP contribution in [0, 0.1) is 0 Å². The van der Waals surface area contributed by atoms with E-state index in [1.807, 2.05) is 24.3 Å². The summed E-state index contributed by atoms with van der Waals surface area (Å²) in [7, 11) is 0. The highest BCUT2D eigenvalue weighted by atomic mass is 16.6. The van der Waals surface area contributed by atoms with Gasteiger partial charge in [0.05, 0.1) is 24.5 Å². The Bertz CT molecular complexity index is 763. The van der Waals surface area contributed by atoms with E-state index in [-0.39, 0.29) is 11.9 Å². The third kappa shape index (κ3) is 2.99. The van der Waals surface area contributed by atoms with E-state index in [2.05, 4.69) is 21.7 Å². The molecular weight excluding hydrogens is 306 g/mol. The first-order valence-corrected chi connectivity index (χ1v) is 8.16. The molecule has 6 nitrogen and oxygen atoms in total. The quantitative estimate of drug-likeness (QED) is 0.903. The number of carbonyl (C=O) groups is 1. The topological polar surface area (TPSA) is 72.5 Å². The van der Waals surface area contributed by atoms with Crippen LogP contribution in [0.4, 0.5) is 5.69 Å². The van der Waals surface area contributed by atoms with Crippen LogP contribution in [0.15, 0.2) is 36.5 Å². The number of nitrogens with one attached hydrogen (secondary N) is 2. The standard InChI is InChI=1S/C18H19N3O3/c22-18-6-5-15(21-18)13-3-1-2-4-14(13)20-10-12-9-16-17(11-19-12)24-8-7-23-16/h1-4,9,11,15,20H,5-8,10H2,(H,21,22). The summed E-state index contributed by atoms with van der Waals surface area (Å²) in [6.45, 7) is 1.70. The fraction of sp³-hybridized carbons (Fsp3) is 0.333. The molecule has 1 saturated heterocycles. The molecule has 1 aromatic carbocycles. The second-order valence-electron chi connectivity index (χ2n) is 5.92. The molecular formula is C18H19N3O3. The Morgan fingerprint density at radius 2 is 2.04 bits per heavy atom. The number of para-hydroxylation sites is 1. The molecule has 3 heterocycles. The molecule has 2 aliphatic heterocycles. The lowest BCUT2D eigenvalue weighted by atomic mass is 10.0. The fourth-order valence-electron chi connectivity index (χ4n) is 3.08. The number of ether oxygens (including phenoxy) is 2. The Balaban J connectivity index is 1.49. The first-order chi connectivity index (χ1) is 11.8. The summed E-state index contributed by atoms with van der Waals surface area (Å²) in [5, 5.41) is 6.44. The van der Waals surface area contributed by atoms with Crippen LogP contribution in [0.25, 0.3) is 0 Å². The molecule has 6 heteroatoms. The number of pyridine rings is 1. The number of anilines is 1. The van der Waals surface area contributed by atoms with Gasteiger partial charge in [0.15, 0.2) is 11.5 Å². The summed E-state index contributed by atoms with van der Waals surface area (Å²) in [6.07, 6.45) is 3.12. The highest BCUT2D eigenvalue weighted by Gasteiger charge is 2.24. The van der Waals surface area contributed by atoms with E-state index >= 15 is 0 Å². The second kappa shape index (κ2) is 6.39. The molecule has 2 aliphatic rings. The first-order valence-electron chi connectivity index (χ1n) is 8.16. The van der Waals surface area contributed by atoms with Crippen molar-refractivity contribution in [3.05, 3.63) is 47.8 Å². The van der Waals surface area contributed by atoms with Crippen molar-refractivity contribution in [1.29, 1.82) is 0 Å². The predicted molar refractivity (Wildman–Crippen MR) is 89.1 cm³/mol. The van der Waals surface area contributed by atoms with Gasteiger partial charge in [0, 0.05) is 18.2 Å². The van der Waals surface area contributed by atoms with E-state index in [9.17, 15) is 4.79 Å². The molecule has 1 fully saturated rings. The van der Waals surface area contributed by atoms with Gasteiger partial charge in [0.25, 0.3) is 0 Å². The van der Waals surface area contributed by atoms with Gasteiger partial charge in [0.1, 0.15) is 13.2 Å². The number of benzene rings is 1. The smallest absolute Gasteiger partial charge is 0.220 e. The number of nitrogens with zero attached hydrogens (tertiary/aromatic N) is 1. The highest BCUT2D eigenvalue weighted by molar-refractivity contribution is 5.79. The van der Waals surface area contributed by atoms with Gasteiger partial charge in [-0.3, -0.25) is 9.78 Å². The molecule has 2 aromatic rings. The van der Waals surface area contributed by atoms with E-state index in [0.717, 1.165) is 29.1 Å². The molecule has 0 bridgehead atoms. The Labute approximate surface area is 140 Å². The maximum absolute atomic E-state index is 11.5. The maximum Gasteiger partial charge on any atom is 0.220 e. The van der Waals surface area contributed by atoms with Gasteiger partial charge in [-0.2, -0.15) is 0 Å². The van der Waals surface area contributed by atoms with Crippen molar-refractivity contribution < 1.29 is 14.3 Å². The van der Waals surface area contributed by atoms with E-state index < -0.39 is 0 Å². The second-order valence-corrected chi connectivity index (χ2v) is 5.92. The minimum Gasteiger partial charge on any atom is -0.486 e. The first kappa shape index (κ1) is 14.8. The van der Waals surface area contributed by atoms with Gasteiger partial charge in [-0.05, 0) is 18.1 Å².